The van der Waals surface area contributed by atoms with E-state index in [0.717, 1.165) is 5.56 Å². The maximum atomic E-state index is 11.1. The number of hydrogen-bond acceptors (Lipinski definition) is 2. The number of carbonyl (C=O) groups excluding carboxylic acids is 1. The second kappa shape index (κ2) is 4.82. The van der Waals surface area contributed by atoms with Crippen LogP contribution in [0.2, 0.25) is 0 Å². The van der Waals surface area contributed by atoms with Crippen molar-refractivity contribution in [3.8, 4) is 0 Å². The van der Waals surface area contributed by atoms with Crippen LogP contribution in [0.15, 0.2) is 42.5 Å². The van der Waals surface area contributed by atoms with Gasteiger partial charge in [0.1, 0.15) is 0 Å². The van der Waals surface area contributed by atoms with Gasteiger partial charge in [-0.25, -0.2) is 0 Å². The molecule has 2 unspecified atom stereocenters. The van der Waals surface area contributed by atoms with Gasteiger partial charge in [0.15, 0.2) is 0 Å². The van der Waals surface area contributed by atoms with Crippen molar-refractivity contribution in [3.63, 3.8) is 0 Å². The van der Waals surface area contributed by atoms with Gasteiger partial charge in [0, 0.05) is 0 Å². The topological polar surface area (TPSA) is 66.4 Å². The molecule has 1 heterocycles. The number of nitrogens with one attached hydrogen (secondary N) is 1. The van der Waals surface area contributed by atoms with Gasteiger partial charge in [-0.1, -0.05) is 42.5 Å². The third kappa shape index (κ3) is 2.72. The van der Waals surface area contributed by atoms with Crippen LogP contribution in [0.5, 0.6) is 0 Å². The van der Waals surface area contributed by atoms with E-state index in [4.69, 9.17) is 5.11 Å². The van der Waals surface area contributed by atoms with Gasteiger partial charge in [-0.2, -0.15) is 0 Å². The molecule has 0 aromatic heterocycles. The van der Waals surface area contributed by atoms with Gasteiger partial charge in [0.25, 0.3) is 0 Å². The molecule has 1 fully saturated rings. The highest BCUT2D eigenvalue weighted by Crippen LogP contribution is 2.18. The number of aliphatic carboxylic acids is 1. The van der Waals surface area contributed by atoms with E-state index >= 15 is 0 Å². The number of carbonyl (C=O) groups is 2. The number of amides is 1. The van der Waals surface area contributed by atoms with Gasteiger partial charge < -0.3 is 10.4 Å². The molecule has 1 saturated heterocycles. The molecule has 0 radical (unpaired) electrons. The number of β-lactam (4-membered cyclic amide) rings is 1. The second-order valence-corrected chi connectivity index (χ2v) is 3.99. The van der Waals surface area contributed by atoms with Gasteiger partial charge in [-0.15, -0.1) is 0 Å². The normalized spacial score (nSPS) is 20.7. The number of carboxylic acids is 1. The Bertz CT molecular complexity index is 445. The molecule has 88 valence electrons. The minimum absolute atomic E-state index is 0.00577. The van der Waals surface area contributed by atoms with Gasteiger partial charge in [-0.3, -0.25) is 9.59 Å². The van der Waals surface area contributed by atoms with E-state index in [2.05, 4.69) is 5.32 Å². The average Bonchev–Trinajstić information content (AvgIpc) is 2.27. The van der Waals surface area contributed by atoms with Crippen molar-refractivity contribution in [2.45, 2.75) is 18.4 Å². The van der Waals surface area contributed by atoms with Crippen LogP contribution >= 0.6 is 0 Å². The Labute approximate surface area is 99.0 Å². The SMILES string of the molecule is O=C1CC(C=CC(C(=O)O)c2ccccc2)N1. The fourth-order valence-electron chi connectivity index (χ4n) is 1.74. The van der Waals surface area contributed by atoms with Crippen molar-refractivity contribution in [3.05, 3.63) is 48.0 Å². The summed E-state index contributed by atoms with van der Waals surface area (Å²) in [6.45, 7) is 0. The highest BCUT2D eigenvalue weighted by molar-refractivity contribution is 5.84. The first-order chi connectivity index (χ1) is 8.16. The lowest BCUT2D eigenvalue weighted by Crippen LogP contribution is -2.47. The van der Waals surface area contributed by atoms with E-state index in [1.54, 1.807) is 24.3 Å². The van der Waals surface area contributed by atoms with Gasteiger partial charge in [0.2, 0.25) is 5.91 Å². The lowest BCUT2D eigenvalue weighted by molar-refractivity contribution is -0.137. The third-order valence-corrected chi connectivity index (χ3v) is 2.71. The van der Waals surface area contributed by atoms with E-state index in [9.17, 15) is 9.59 Å². The van der Waals surface area contributed by atoms with Gasteiger partial charge in [-0.05, 0) is 5.56 Å². The zero-order valence-corrected chi connectivity index (χ0v) is 9.17. The zero-order chi connectivity index (χ0) is 12.3. The van der Waals surface area contributed by atoms with Crippen molar-refractivity contribution < 1.29 is 14.7 Å². The van der Waals surface area contributed by atoms with E-state index in [1.807, 2.05) is 18.2 Å². The maximum absolute atomic E-state index is 11.1. The molecule has 2 rings (SSSR count). The molecule has 1 amide bonds. The van der Waals surface area contributed by atoms with Crippen LogP contribution in [-0.2, 0) is 9.59 Å². The lowest BCUT2D eigenvalue weighted by atomic mass is 9.96. The zero-order valence-electron chi connectivity index (χ0n) is 9.17. The maximum Gasteiger partial charge on any atom is 0.314 e. The molecule has 0 saturated carbocycles. The van der Waals surface area contributed by atoms with Crippen molar-refractivity contribution >= 4 is 11.9 Å². The summed E-state index contributed by atoms with van der Waals surface area (Å²) < 4.78 is 0. The summed E-state index contributed by atoms with van der Waals surface area (Å²) in [5, 5.41) is 11.8. The summed E-state index contributed by atoms with van der Waals surface area (Å²) in [6.07, 6.45) is 3.81. The highest BCUT2D eigenvalue weighted by Gasteiger charge is 2.23. The minimum atomic E-state index is -0.891. The van der Waals surface area contributed by atoms with Gasteiger partial charge >= 0.3 is 5.97 Å². The summed E-state index contributed by atoms with van der Waals surface area (Å²) in [5.74, 6) is -1.54. The highest BCUT2D eigenvalue weighted by atomic mass is 16.4. The van der Waals surface area contributed by atoms with Crippen molar-refractivity contribution in [1.29, 1.82) is 0 Å². The van der Waals surface area contributed by atoms with Crippen LogP contribution in [0.3, 0.4) is 0 Å². The molecule has 1 aromatic rings. The van der Waals surface area contributed by atoms with Crippen LogP contribution in [0, 0.1) is 0 Å². The van der Waals surface area contributed by atoms with Crippen molar-refractivity contribution in [2.24, 2.45) is 0 Å². The Kier molecular flexibility index (Phi) is 3.23. The molecule has 1 aromatic carbocycles. The summed E-state index contributed by atoms with van der Waals surface area (Å²) >= 11 is 0. The molecule has 4 heteroatoms. The minimum Gasteiger partial charge on any atom is -0.481 e. The molecule has 0 spiro atoms. The van der Waals surface area contributed by atoms with E-state index in [0.29, 0.717) is 6.42 Å². The lowest BCUT2D eigenvalue weighted by Gasteiger charge is -2.23. The molecule has 2 atom stereocenters. The summed E-state index contributed by atoms with van der Waals surface area (Å²) in [4.78, 5) is 21.8. The standard InChI is InChI=1S/C13H13NO3/c15-12-8-10(14-12)6-7-11(13(16)17)9-4-2-1-3-5-9/h1-7,10-11H,8H2,(H,14,15)(H,16,17). The average molecular weight is 231 g/mol. The fraction of sp³-hybridized carbons (Fsp3) is 0.231. The van der Waals surface area contributed by atoms with E-state index < -0.39 is 11.9 Å². The molecule has 4 nitrogen and oxygen atoms in total. The van der Waals surface area contributed by atoms with E-state index in [1.165, 1.54) is 0 Å². The van der Waals surface area contributed by atoms with Crippen LogP contribution < -0.4 is 5.32 Å². The monoisotopic (exact) mass is 231 g/mol. The van der Waals surface area contributed by atoms with Crippen molar-refractivity contribution in [1.82, 2.24) is 5.32 Å². The number of benzene rings is 1. The third-order valence-electron chi connectivity index (χ3n) is 2.71. The summed E-state index contributed by atoms with van der Waals surface area (Å²) in [5.41, 5.74) is 0.738. The van der Waals surface area contributed by atoms with Crippen LogP contribution in [0.4, 0.5) is 0 Å². The molecular weight excluding hydrogens is 218 g/mol. The Hall–Kier alpha value is -2.10. The Morgan fingerprint density at radius 1 is 1.41 bits per heavy atom. The number of carboxylic acid groups (broad SMARTS) is 1. The predicted octanol–water partition coefficient (Wildman–Crippen LogP) is 1.30. The van der Waals surface area contributed by atoms with Crippen LogP contribution in [-0.4, -0.2) is 23.0 Å². The summed E-state index contributed by atoms with van der Waals surface area (Å²) in [6, 6.07) is 9.01. The Balaban J connectivity index is 2.08. The molecule has 2 N–H and O–H groups in total. The molecule has 1 aliphatic heterocycles. The second-order valence-electron chi connectivity index (χ2n) is 3.99. The smallest absolute Gasteiger partial charge is 0.314 e. The quantitative estimate of drug-likeness (QED) is 0.606. The van der Waals surface area contributed by atoms with Crippen molar-refractivity contribution in [2.75, 3.05) is 0 Å². The molecule has 0 bridgehead atoms. The van der Waals surface area contributed by atoms with Crippen LogP contribution in [0.1, 0.15) is 17.9 Å². The number of rotatable bonds is 4. The molecule has 17 heavy (non-hydrogen) atoms. The van der Waals surface area contributed by atoms with Crippen LogP contribution in [0.25, 0.3) is 0 Å². The first kappa shape index (κ1) is 11.4. The first-order valence-corrected chi connectivity index (χ1v) is 5.42. The first-order valence-electron chi connectivity index (χ1n) is 5.42. The van der Waals surface area contributed by atoms with Gasteiger partial charge in [0.05, 0.1) is 18.4 Å². The molecule has 1 aliphatic rings. The number of hydrogen-bond donors (Lipinski definition) is 2. The molecule has 0 aliphatic carbocycles. The molecular formula is C13H13NO3. The predicted molar refractivity (Wildman–Crippen MR) is 62.5 cm³/mol. The Morgan fingerprint density at radius 2 is 2.06 bits per heavy atom. The summed E-state index contributed by atoms with van der Waals surface area (Å²) in [7, 11) is 0. The Morgan fingerprint density at radius 3 is 2.59 bits per heavy atom. The largest absolute Gasteiger partial charge is 0.481 e. The van der Waals surface area contributed by atoms with E-state index in [-0.39, 0.29) is 11.9 Å². The fourth-order valence-corrected chi connectivity index (χ4v) is 1.74.